The van der Waals surface area contributed by atoms with E-state index in [9.17, 15) is 9.18 Å². The maximum atomic E-state index is 13.1. The molecule has 1 amide bonds. The van der Waals surface area contributed by atoms with Gasteiger partial charge < -0.3 is 14.4 Å². The van der Waals surface area contributed by atoms with Crippen molar-refractivity contribution in [1.29, 1.82) is 0 Å². The first-order valence-corrected chi connectivity index (χ1v) is 8.74. The van der Waals surface area contributed by atoms with Gasteiger partial charge in [0.1, 0.15) is 16.4 Å². The molecule has 0 radical (unpaired) electrons. The number of carbonyl (C=O) groups is 1. The van der Waals surface area contributed by atoms with Gasteiger partial charge in [0.25, 0.3) is 5.91 Å². The lowest BCUT2D eigenvalue weighted by atomic mass is 9.96. The Morgan fingerprint density at radius 1 is 1.33 bits per heavy atom. The van der Waals surface area contributed by atoms with Crippen molar-refractivity contribution in [2.45, 2.75) is 25.0 Å². The van der Waals surface area contributed by atoms with Crippen molar-refractivity contribution in [3.63, 3.8) is 0 Å². The summed E-state index contributed by atoms with van der Waals surface area (Å²) in [5.41, 5.74) is 0.940. The highest BCUT2D eigenvalue weighted by molar-refractivity contribution is 7.12. The first-order chi connectivity index (χ1) is 11.6. The van der Waals surface area contributed by atoms with Crippen LogP contribution in [0.5, 0.6) is 5.75 Å². The number of nitrogens with zero attached hydrogens (tertiary/aromatic N) is 1. The zero-order valence-electron chi connectivity index (χ0n) is 13.7. The topological polar surface area (TPSA) is 38.8 Å². The van der Waals surface area contributed by atoms with Gasteiger partial charge in [-0.25, -0.2) is 4.39 Å². The van der Waals surface area contributed by atoms with E-state index in [0.717, 1.165) is 12.0 Å². The van der Waals surface area contributed by atoms with Crippen LogP contribution in [0.1, 0.15) is 34.2 Å². The maximum Gasteiger partial charge on any atom is 0.267 e. The number of hydrogen-bond donors (Lipinski definition) is 0. The fourth-order valence-corrected chi connectivity index (χ4v) is 3.82. The molecule has 0 aliphatic carbocycles. The number of hydrogen-bond acceptors (Lipinski definition) is 4. The molecule has 1 aromatic carbocycles. The molecular formula is C18H20FNO3S. The van der Waals surface area contributed by atoms with Gasteiger partial charge in [-0.2, -0.15) is 0 Å². The summed E-state index contributed by atoms with van der Waals surface area (Å²) in [5.74, 6) is 0.314. The van der Waals surface area contributed by atoms with Crippen LogP contribution in [0.2, 0.25) is 0 Å². The van der Waals surface area contributed by atoms with E-state index in [1.807, 2.05) is 12.4 Å². The summed E-state index contributed by atoms with van der Waals surface area (Å²) in [4.78, 5) is 15.1. The van der Waals surface area contributed by atoms with Gasteiger partial charge in [-0.15, -0.1) is 11.3 Å². The lowest BCUT2D eigenvalue weighted by molar-refractivity contribution is -0.0197. The molecule has 6 heteroatoms. The van der Waals surface area contributed by atoms with Gasteiger partial charge in [0.15, 0.2) is 0 Å². The van der Waals surface area contributed by atoms with E-state index in [4.69, 9.17) is 9.47 Å². The summed E-state index contributed by atoms with van der Waals surface area (Å²) >= 11 is 1.38. The molecule has 1 aliphatic rings. The number of benzene rings is 1. The van der Waals surface area contributed by atoms with Crippen molar-refractivity contribution < 1.29 is 18.7 Å². The van der Waals surface area contributed by atoms with Gasteiger partial charge in [-0.1, -0.05) is 12.1 Å². The van der Waals surface area contributed by atoms with Crippen molar-refractivity contribution in [3.8, 4) is 5.75 Å². The van der Waals surface area contributed by atoms with Crippen LogP contribution in [0.4, 0.5) is 4.39 Å². The van der Waals surface area contributed by atoms with Gasteiger partial charge in [0.05, 0.1) is 13.2 Å². The van der Waals surface area contributed by atoms with E-state index < -0.39 is 0 Å². The molecule has 1 fully saturated rings. The fraction of sp³-hybridized carbons (Fsp3) is 0.389. The highest BCUT2D eigenvalue weighted by Crippen LogP contribution is 2.32. The standard InChI is InChI=1S/C18H20FNO3S/c1-20(18(21)17-15(22-2)8-10-24-17)14-7-9-23-16(11-14)12-3-5-13(19)6-4-12/h3-6,8,10,14,16H,7,9,11H2,1-2H3. The van der Waals surface area contributed by atoms with Crippen molar-refractivity contribution in [2.24, 2.45) is 0 Å². The van der Waals surface area contributed by atoms with Crippen LogP contribution in [0.15, 0.2) is 35.7 Å². The molecule has 2 unspecified atom stereocenters. The fourth-order valence-electron chi connectivity index (χ4n) is 2.98. The van der Waals surface area contributed by atoms with Crippen molar-refractivity contribution >= 4 is 17.2 Å². The van der Waals surface area contributed by atoms with Crippen LogP contribution in [-0.4, -0.2) is 37.6 Å². The number of methoxy groups -OCH3 is 1. The van der Waals surface area contributed by atoms with E-state index in [-0.39, 0.29) is 23.9 Å². The van der Waals surface area contributed by atoms with Gasteiger partial charge in [-0.3, -0.25) is 4.79 Å². The molecule has 1 aromatic heterocycles. The molecule has 0 N–H and O–H groups in total. The van der Waals surface area contributed by atoms with Crippen molar-refractivity contribution in [1.82, 2.24) is 4.90 Å². The third-order valence-corrected chi connectivity index (χ3v) is 5.29. The zero-order valence-corrected chi connectivity index (χ0v) is 14.5. The molecule has 0 bridgehead atoms. The van der Waals surface area contributed by atoms with Crippen molar-refractivity contribution in [2.75, 3.05) is 20.8 Å². The number of rotatable bonds is 4. The van der Waals surface area contributed by atoms with Crippen LogP contribution in [0, 0.1) is 5.82 Å². The predicted octanol–water partition coefficient (Wildman–Crippen LogP) is 3.89. The second kappa shape index (κ2) is 7.32. The lowest BCUT2D eigenvalue weighted by Gasteiger charge is -2.35. The quantitative estimate of drug-likeness (QED) is 0.841. The molecule has 0 spiro atoms. The molecule has 24 heavy (non-hydrogen) atoms. The highest BCUT2D eigenvalue weighted by atomic mass is 32.1. The largest absolute Gasteiger partial charge is 0.495 e. The predicted molar refractivity (Wildman–Crippen MR) is 91.1 cm³/mol. The van der Waals surface area contributed by atoms with Crippen LogP contribution in [0.3, 0.4) is 0 Å². The van der Waals surface area contributed by atoms with E-state index in [0.29, 0.717) is 23.7 Å². The molecule has 128 valence electrons. The second-order valence-corrected chi connectivity index (χ2v) is 6.74. The van der Waals surface area contributed by atoms with Crippen LogP contribution in [0.25, 0.3) is 0 Å². The summed E-state index contributed by atoms with van der Waals surface area (Å²) in [6, 6.07) is 8.24. The smallest absolute Gasteiger partial charge is 0.267 e. The Balaban J connectivity index is 1.72. The molecule has 4 nitrogen and oxygen atoms in total. The first kappa shape index (κ1) is 16.9. The molecular weight excluding hydrogens is 329 g/mol. The molecule has 1 aliphatic heterocycles. The average Bonchev–Trinajstić information content (AvgIpc) is 3.10. The Hall–Kier alpha value is -1.92. The molecule has 0 saturated carbocycles. The Bertz CT molecular complexity index is 701. The highest BCUT2D eigenvalue weighted by Gasteiger charge is 2.30. The van der Waals surface area contributed by atoms with E-state index in [2.05, 4.69) is 0 Å². The number of thiophene rings is 1. The van der Waals surface area contributed by atoms with Crippen LogP contribution in [-0.2, 0) is 4.74 Å². The Morgan fingerprint density at radius 3 is 2.79 bits per heavy atom. The summed E-state index contributed by atoms with van der Waals surface area (Å²) in [6.45, 7) is 0.575. The minimum absolute atomic E-state index is 0.0355. The SMILES string of the molecule is COc1ccsc1C(=O)N(C)C1CCOC(c2ccc(F)cc2)C1. The number of ether oxygens (including phenoxy) is 2. The Labute approximate surface area is 144 Å². The average molecular weight is 349 g/mol. The van der Waals surface area contributed by atoms with Crippen LogP contribution < -0.4 is 4.74 Å². The number of amides is 1. The van der Waals surface area contributed by atoms with Gasteiger partial charge in [0.2, 0.25) is 0 Å². The third-order valence-electron chi connectivity index (χ3n) is 4.41. The molecule has 2 heterocycles. The van der Waals surface area contributed by atoms with E-state index in [1.54, 1.807) is 30.2 Å². The van der Waals surface area contributed by atoms with E-state index in [1.165, 1.54) is 23.5 Å². The monoisotopic (exact) mass is 349 g/mol. The Morgan fingerprint density at radius 2 is 2.08 bits per heavy atom. The molecule has 3 rings (SSSR count). The van der Waals surface area contributed by atoms with Gasteiger partial charge in [0, 0.05) is 19.7 Å². The van der Waals surface area contributed by atoms with Gasteiger partial charge >= 0.3 is 0 Å². The maximum absolute atomic E-state index is 13.1. The number of carbonyl (C=O) groups excluding carboxylic acids is 1. The number of halogens is 1. The first-order valence-electron chi connectivity index (χ1n) is 7.86. The molecule has 2 aromatic rings. The van der Waals surface area contributed by atoms with E-state index >= 15 is 0 Å². The second-order valence-electron chi connectivity index (χ2n) is 5.82. The summed E-state index contributed by atoms with van der Waals surface area (Å²) in [7, 11) is 3.39. The molecule has 2 atom stereocenters. The van der Waals surface area contributed by atoms with Gasteiger partial charge in [-0.05, 0) is 42.0 Å². The minimum Gasteiger partial charge on any atom is -0.495 e. The molecule has 1 saturated heterocycles. The minimum atomic E-state index is -0.261. The Kier molecular flexibility index (Phi) is 5.16. The summed E-state index contributed by atoms with van der Waals surface area (Å²) in [5, 5.41) is 1.85. The lowest BCUT2D eigenvalue weighted by Crippen LogP contribution is -2.41. The summed E-state index contributed by atoms with van der Waals surface area (Å²) in [6.07, 6.45) is 1.36. The van der Waals surface area contributed by atoms with Crippen molar-refractivity contribution in [3.05, 3.63) is 52.0 Å². The zero-order chi connectivity index (χ0) is 17.1. The normalized spacial score (nSPS) is 20.6. The van der Waals surface area contributed by atoms with Crippen LogP contribution >= 0.6 is 11.3 Å². The third kappa shape index (κ3) is 3.44. The summed E-state index contributed by atoms with van der Waals surface area (Å²) < 4.78 is 24.2.